The van der Waals surface area contributed by atoms with Crippen LogP contribution in [0.5, 0.6) is 5.75 Å². The smallest absolute Gasteiger partial charge is 0.272 e. The van der Waals surface area contributed by atoms with Gasteiger partial charge in [-0.3, -0.25) is 9.36 Å². The van der Waals surface area contributed by atoms with Crippen LogP contribution in [-0.4, -0.2) is 22.4 Å². The molecule has 0 aliphatic carbocycles. The summed E-state index contributed by atoms with van der Waals surface area (Å²) in [4.78, 5) is 18.9. The average molecular weight is 397 g/mol. The number of aryl methyl sites for hydroxylation is 2. The van der Waals surface area contributed by atoms with E-state index in [0.29, 0.717) is 10.9 Å². The van der Waals surface area contributed by atoms with Gasteiger partial charge < -0.3 is 4.74 Å². The van der Waals surface area contributed by atoms with Gasteiger partial charge in [-0.25, -0.2) is 4.98 Å². The Hall–Kier alpha value is -2.18. The molecular formula is C21H20N2O2S2. The Morgan fingerprint density at radius 2 is 1.96 bits per heavy atom. The van der Waals surface area contributed by atoms with Crippen molar-refractivity contribution < 1.29 is 4.74 Å². The number of rotatable bonds is 5. The van der Waals surface area contributed by atoms with Gasteiger partial charge in [0, 0.05) is 17.9 Å². The van der Waals surface area contributed by atoms with E-state index >= 15 is 0 Å². The summed E-state index contributed by atoms with van der Waals surface area (Å²) >= 11 is 3.18. The van der Waals surface area contributed by atoms with Gasteiger partial charge in [0.05, 0.1) is 23.4 Å². The third kappa shape index (κ3) is 3.64. The summed E-state index contributed by atoms with van der Waals surface area (Å²) in [6.07, 6.45) is 0.847. The zero-order valence-electron chi connectivity index (χ0n) is 15.3. The van der Waals surface area contributed by atoms with E-state index in [1.54, 1.807) is 35.2 Å². The molecule has 0 atom stereocenters. The van der Waals surface area contributed by atoms with Crippen LogP contribution >= 0.6 is 23.5 Å². The van der Waals surface area contributed by atoms with E-state index in [-0.39, 0.29) is 5.56 Å². The van der Waals surface area contributed by atoms with E-state index in [0.717, 1.165) is 34.2 Å². The highest BCUT2D eigenvalue weighted by molar-refractivity contribution is 7.99. The third-order valence-corrected chi connectivity index (χ3v) is 6.60. The molecule has 138 valence electrons. The van der Waals surface area contributed by atoms with Crippen molar-refractivity contribution >= 4 is 23.5 Å². The molecule has 27 heavy (non-hydrogen) atoms. The highest BCUT2D eigenvalue weighted by atomic mass is 32.2. The van der Waals surface area contributed by atoms with E-state index in [9.17, 15) is 4.79 Å². The van der Waals surface area contributed by atoms with Gasteiger partial charge in [-0.2, -0.15) is 0 Å². The molecule has 6 heteroatoms. The molecule has 2 heterocycles. The highest BCUT2D eigenvalue weighted by Gasteiger charge is 2.23. The normalized spacial score (nSPS) is 12.8. The second-order valence-electron chi connectivity index (χ2n) is 6.36. The Bertz CT molecular complexity index is 1030. The van der Waals surface area contributed by atoms with Crippen LogP contribution in [0, 0.1) is 6.92 Å². The van der Waals surface area contributed by atoms with Crippen molar-refractivity contribution in [1.29, 1.82) is 0 Å². The van der Waals surface area contributed by atoms with Gasteiger partial charge in [0.15, 0.2) is 5.16 Å². The molecule has 2 aromatic carbocycles. The largest absolute Gasteiger partial charge is 0.495 e. The molecule has 0 saturated carbocycles. The Kier molecular flexibility index (Phi) is 5.27. The Labute approximate surface area is 167 Å². The van der Waals surface area contributed by atoms with Crippen LogP contribution in [0.15, 0.2) is 63.4 Å². The first-order chi connectivity index (χ1) is 13.2. The maximum atomic E-state index is 13.2. The van der Waals surface area contributed by atoms with Crippen LogP contribution in [0.25, 0.3) is 5.69 Å². The first-order valence-corrected chi connectivity index (χ1v) is 10.7. The molecule has 3 aromatic rings. The van der Waals surface area contributed by atoms with Gasteiger partial charge in [0.25, 0.3) is 5.56 Å². The lowest BCUT2D eigenvalue weighted by Gasteiger charge is -2.16. The number of aromatic nitrogens is 2. The highest BCUT2D eigenvalue weighted by Crippen LogP contribution is 2.33. The number of hydrogen-bond acceptors (Lipinski definition) is 5. The summed E-state index contributed by atoms with van der Waals surface area (Å²) in [6.45, 7) is 2.08. The van der Waals surface area contributed by atoms with Crippen molar-refractivity contribution in [3.8, 4) is 11.4 Å². The van der Waals surface area contributed by atoms with Crippen molar-refractivity contribution in [1.82, 2.24) is 9.55 Å². The van der Waals surface area contributed by atoms with Crippen molar-refractivity contribution in [3.05, 3.63) is 75.7 Å². The van der Waals surface area contributed by atoms with Crippen LogP contribution in [0.1, 0.15) is 16.8 Å². The zero-order valence-corrected chi connectivity index (χ0v) is 16.9. The monoisotopic (exact) mass is 396 g/mol. The fourth-order valence-corrected chi connectivity index (χ4v) is 5.05. The van der Waals surface area contributed by atoms with Crippen LogP contribution in [-0.2, 0) is 12.2 Å². The van der Waals surface area contributed by atoms with Crippen LogP contribution in [0.3, 0.4) is 0 Å². The summed E-state index contributed by atoms with van der Waals surface area (Å²) < 4.78 is 7.20. The maximum Gasteiger partial charge on any atom is 0.272 e. The van der Waals surface area contributed by atoms with Crippen molar-refractivity contribution in [3.63, 3.8) is 0 Å². The average Bonchev–Trinajstić information content (AvgIpc) is 3.17. The van der Waals surface area contributed by atoms with Gasteiger partial charge in [0.1, 0.15) is 5.75 Å². The molecular weight excluding hydrogens is 376 g/mol. The molecule has 4 rings (SSSR count). The number of benzene rings is 2. The molecule has 0 bridgehead atoms. The quantitative estimate of drug-likeness (QED) is 0.470. The van der Waals surface area contributed by atoms with Crippen molar-refractivity contribution in [2.45, 2.75) is 29.1 Å². The maximum absolute atomic E-state index is 13.2. The lowest BCUT2D eigenvalue weighted by Crippen LogP contribution is -2.24. The molecule has 0 saturated heterocycles. The summed E-state index contributed by atoms with van der Waals surface area (Å²) in [5.74, 6) is 2.34. The summed E-state index contributed by atoms with van der Waals surface area (Å²) in [5.41, 5.74) is 4.10. The van der Waals surface area contributed by atoms with E-state index in [1.807, 2.05) is 24.3 Å². The molecule has 1 aromatic heterocycles. The van der Waals surface area contributed by atoms with E-state index in [1.165, 1.54) is 11.1 Å². The predicted octanol–water partition coefficient (Wildman–Crippen LogP) is 4.49. The van der Waals surface area contributed by atoms with Gasteiger partial charge in [0.2, 0.25) is 0 Å². The number of fused-ring (bicyclic) bond motifs is 1. The summed E-state index contributed by atoms with van der Waals surface area (Å²) in [6, 6.07) is 16.1. The topological polar surface area (TPSA) is 44.1 Å². The number of thioether (sulfide) groups is 2. The minimum Gasteiger partial charge on any atom is -0.495 e. The fraction of sp³-hybridized carbons (Fsp3) is 0.238. The zero-order chi connectivity index (χ0) is 18.8. The molecule has 1 aliphatic rings. The number of methoxy groups -OCH3 is 1. The number of hydrogen-bond donors (Lipinski definition) is 0. The number of ether oxygens (including phenoxy) is 1. The van der Waals surface area contributed by atoms with Gasteiger partial charge in [-0.1, -0.05) is 53.7 Å². The van der Waals surface area contributed by atoms with Crippen LogP contribution < -0.4 is 10.3 Å². The molecule has 0 N–H and O–H groups in total. The molecule has 1 aliphatic heterocycles. The number of para-hydroxylation sites is 2. The molecule has 0 spiro atoms. The second kappa shape index (κ2) is 7.82. The van der Waals surface area contributed by atoms with Gasteiger partial charge in [-0.05, 0) is 24.6 Å². The van der Waals surface area contributed by atoms with Crippen molar-refractivity contribution in [2.75, 3.05) is 12.9 Å². The minimum atomic E-state index is -0.00148. The van der Waals surface area contributed by atoms with Crippen LogP contribution in [0.2, 0.25) is 0 Å². The van der Waals surface area contributed by atoms with Crippen LogP contribution in [0.4, 0.5) is 0 Å². The molecule has 0 fully saturated rings. The van der Waals surface area contributed by atoms with E-state index in [2.05, 4.69) is 31.2 Å². The SMILES string of the molecule is COc1ccccc1-n1c(SCc2ccc(C)cc2)nc2c(c1=O)SCC2. The fourth-order valence-electron chi connectivity index (χ4n) is 3.05. The van der Waals surface area contributed by atoms with E-state index < -0.39 is 0 Å². The predicted molar refractivity (Wildman–Crippen MR) is 112 cm³/mol. The molecule has 0 amide bonds. The Morgan fingerprint density at radius 1 is 1.19 bits per heavy atom. The molecule has 0 unspecified atom stereocenters. The summed E-state index contributed by atoms with van der Waals surface area (Å²) in [5, 5.41) is 0.714. The Balaban J connectivity index is 1.79. The lowest BCUT2D eigenvalue weighted by atomic mass is 10.2. The van der Waals surface area contributed by atoms with Gasteiger partial charge >= 0.3 is 0 Å². The van der Waals surface area contributed by atoms with E-state index in [4.69, 9.17) is 9.72 Å². The molecule has 4 nitrogen and oxygen atoms in total. The Morgan fingerprint density at radius 3 is 2.74 bits per heavy atom. The lowest BCUT2D eigenvalue weighted by molar-refractivity contribution is 0.411. The minimum absolute atomic E-state index is 0.00148. The first-order valence-electron chi connectivity index (χ1n) is 8.78. The third-order valence-electron chi connectivity index (χ3n) is 4.48. The first kappa shape index (κ1) is 18.2. The van der Waals surface area contributed by atoms with Gasteiger partial charge in [-0.15, -0.1) is 11.8 Å². The standard InChI is InChI=1S/C21H20N2O2S2/c1-14-7-9-15(10-8-14)13-27-21-22-16-11-12-26-19(16)20(24)23(21)17-5-3-4-6-18(17)25-2/h3-10H,11-13H2,1-2H3. The van der Waals surface area contributed by atoms with Crippen molar-refractivity contribution in [2.24, 2.45) is 0 Å². The molecule has 0 radical (unpaired) electrons. The number of nitrogens with zero attached hydrogens (tertiary/aromatic N) is 2. The second-order valence-corrected chi connectivity index (χ2v) is 8.40. The summed E-state index contributed by atoms with van der Waals surface area (Å²) in [7, 11) is 1.62.